The molecule has 0 atom stereocenters. The van der Waals surface area contributed by atoms with Gasteiger partial charge in [-0.15, -0.1) is 0 Å². The third kappa shape index (κ3) is 4.28. The average Bonchev–Trinajstić information content (AvgIpc) is 2.88. The molecule has 1 aromatic carbocycles. The summed E-state index contributed by atoms with van der Waals surface area (Å²) in [6.07, 6.45) is 4.57. The molecule has 1 heterocycles. The van der Waals surface area contributed by atoms with Crippen molar-refractivity contribution in [1.82, 2.24) is 15.3 Å². The van der Waals surface area contributed by atoms with Crippen LogP contribution in [0.25, 0.3) is 0 Å². The van der Waals surface area contributed by atoms with Crippen LogP contribution in [0, 0.1) is 0 Å². The van der Waals surface area contributed by atoms with Crippen LogP contribution in [0.4, 0.5) is 0 Å². The number of benzene rings is 1. The van der Waals surface area contributed by atoms with Gasteiger partial charge in [0.2, 0.25) is 0 Å². The fourth-order valence-electron chi connectivity index (χ4n) is 1.51. The van der Waals surface area contributed by atoms with Crippen LogP contribution in [0.2, 0.25) is 0 Å². The van der Waals surface area contributed by atoms with Gasteiger partial charge in [0.1, 0.15) is 11.6 Å². The first-order valence-electron chi connectivity index (χ1n) is 5.82. The van der Waals surface area contributed by atoms with Crippen LogP contribution >= 0.6 is 0 Å². The zero-order valence-electron chi connectivity index (χ0n) is 9.73. The minimum atomic E-state index is 0.731. The number of imidazole rings is 1. The maximum absolute atomic E-state index is 5.58. The van der Waals surface area contributed by atoms with Crippen molar-refractivity contribution in [2.75, 3.05) is 13.2 Å². The van der Waals surface area contributed by atoms with Crippen LogP contribution in [0.5, 0.6) is 5.75 Å². The Hall–Kier alpha value is -1.81. The van der Waals surface area contributed by atoms with Crippen molar-refractivity contribution < 1.29 is 4.74 Å². The Kier molecular flexibility index (Phi) is 4.60. The summed E-state index contributed by atoms with van der Waals surface area (Å²) >= 11 is 0. The van der Waals surface area contributed by atoms with E-state index in [1.165, 1.54) is 0 Å². The van der Waals surface area contributed by atoms with Gasteiger partial charge in [-0.2, -0.15) is 0 Å². The molecule has 0 fully saturated rings. The summed E-state index contributed by atoms with van der Waals surface area (Å²) in [4.78, 5) is 7.18. The quantitative estimate of drug-likeness (QED) is 0.716. The Bertz CT molecular complexity index is 400. The molecule has 17 heavy (non-hydrogen) atoms. The lowest BCUT2D eigenvalue weighted by Gasteiger charge is -2.06. The van der Waals surface area contributed by atoms with Crippen LogP contribution in [-0.4, -0.2) is 23.1 Å². The molecule has 90 valence electrons. The van der Waals surface area contributed by atoms with E-state index in [9.17, 15) is 0 Å². The summed E-state index contributed by atoms with van der Waals surface area (Å²) in [7, 11) is 0. The van der Waals surface area contributed by atoms with Gasteiger partial charge < -0.3 is 15.0 Å². The zero-order chi connectivity index (χ0) is 11.8. The highest BCUT2D eigenvalue weighted by Gasteiger charge is 1.94. The molecule has 0 aliphatic heterocycles. The number of para-hydroxylation sites is 1. The first kappa shape index (κ1) is 11.7. The second-order valence-electron chi connectivity index (χ2n) is 3.73. The molecule has 0 saturated carbocycles. The smallest absolute Gasteiger partial charge is 0.120 e. The number of ether oxygens (including phenoxy) is 1. The maximum Gasteiger partial charge on any atom is 0.120 e. The number of H-pyrrole nitrogens is 1. The molecule has 1 aromatic heterocycles. The van der Waals surface area contributed by atoms with Crippen LogP contribution in [0.1, 0.15) is 12.2 Å². The van der Waals surface area contributed by atoms with Gasteiger partial charge in [0.15, 0.2) is 0 Å². The van der Waals surface area contributed by atoms with Crippen LogP contribution < -0.4 is 10.1 Å². The Labute approximate surface area is 101 Å². The summed E-state index contributed by atoms with van der Waals surface area (Å²) in [5, 5.41) is 3.30. The molecule has 0 saturated heterocycles. The molecule has 2 rings (SSSR count). The highest BCUT2D eigenvalue weighted by atomic mass is 16.5. The molecule has 0 bridgehead atoms. The van der Waals surface area contributed by atoms with E-state index in [0.717, 1.165) is 37.7 Å². The van der Waals surface area contributed by atoms with Crippen molar-refractivity contribution in [3.8, 4) is 5.75 Å². The van der Waals surface area contributed by atoms with Crippen molar-refractivity contribution in [2.24, 2.45) is 0 Å². The van der Waals surface area contributed by atoms with Gasteiger partial charge in [0.05, 0.1) is 13.2 Å². The Morgan fingerprint density at radius 1 is 1.24 bits per heavy atom. The third-order valence-corrected chi connectivity index (χ3v) is 2.36. The molecule has 0 radical (unpaired) electrons. The summed E-state index contributed by atoms with van der Waals surface area (Å²) in [5.74, 6) is 1.90. The van der Waals surface area contributed by atoms with Gasteiger partial charge >= 0.3 is 0 Å². The number of hydrogen-bond acceptors (Lipinski definition) is 3. The van der Waals surface area contributed by atoms with Crippen molar-refractivity contribution in [3.05, 3.63) is 48.5 Å². The number of nitrogens with one attached hydrogen (secondary N) is 2. The summed E-state index contributed by atoms with van der Waals surface area (Å²) in [5.41, 5.74) is 0. The molecule has 4 nitrogen and oxygen atoms in total. The first-order chi connectivity index (χ1) is 8.45. The number of hydrogen-bond donors (Lipinski definition) is 2. The highest BCUT2D eigenvalue weighted by molar-refractivity contribution is 5.20. The van der Waals surface area contributed by atoms with Crippen LogP contribution in [0.15, 0.2) is 42.7 Å². The predicted octanol–water partition coefficient (Wildman–Crippen LogP) is 1.97. The van der Waals surface area contributed by atoms with E-state index in [2.05, 4.69) is 15.3 Å². The van der Waals surface area contributed by atoms with E-state index < -0.39 is 0 Å². The van der Waals surface area contributed by atoms with Crippen LogP contribution in [-0.2, 0) is 6.54 Å². The third-order valence-electron chi connectivity index (χ3n) is 2.36. The van der Waals surface area contributed by atoms with E-state index in [0.29, 0.717) is 0 Å². The normalized spacial score (nSPS) is 10.4. The maximum atomic E-state index is 5.58. The fourth-order valence-corrected chi connectivity index (χ4v) is 1.51. The zero-order valence-corrected chi connectivity index (χ0v) is 9.73. The van der Waals surface area contributed by atoms with Gasteiger partial charge in [-0.05, 0) is 25.1 Å². The summed E-state index contributed by atoms with van der Waals surface area (Å²) in [6, 6.07) is 9.87. The molecule has 0 spiro atoms. The fraction of sp³-hybridized carbons (Fsp3) is 0.308. The highest BCUT2D eigenvalue weighted by Crippen LogP contribution is 2.07. The molecule has 2 aromatic rings. The number of nitrogens with zero attached hydrogens (tertiary/aromatic N) is 1. The SMILES string of the molecule is c1ccc(OCCCNCc2ncc[nH]2)cc1. The number of aromatic amines is 1. The van der Waals surface area contributed by atoms with Crippen molar-refractivity contribution in [2.45, 2.75) is 13.0 Å². The standard InChI is InChI=1S/C13H17N3O/c1-2-5-12(6-3-1)17-10-4-7-14-11-13-15-8-9-16-13/h1-3,5-6,8-9,14H,4,7,10-11H2,(H,15,16). The minimum Gasteiger partial charge on any atom is -0.494 e. The first-order valence-corrected chi connectivity index (χ1v) is 5.82. The second kappa shape index (κ2) is 6.70. The number of rotatable bonds is 7. The molecule has 0 aliphatic carbocycles. The van der Waals surface area contributed by atoms with E-state index in [4.69, 9.17) is 4.74 Å². The summed E-state index contributed by atoms with van der Waals surface area (Å²) < 4.78 is 5.58. The van der Waals surface area contributed by atoms with Gasteiger partial charge in [0, 0.05) is 12.4 Å². The average molecular weight is 231 g/mol. The van der Waals surface area contributed by atoms with E-state index in [1.54, 1.807) is 6.20 Å². The molecule has 4 heteroatoms. The lowest BCUT2D eigenvalue weighted by Crippen LogP contribution is -2.17. The molecular weight excluding hydrogens is 214 g/mol. The Balaban J connectivity index is 1.52. The lowest BCUT2D eigenvalue weighted by molar-refractivity contribution is 0.308. The van der Waals surface area contributed by atoms with Gasteiger partial charge in [-0.3, -0.25) is 0 Å². The second-order valence-corrected chi connectivity index (χ2v) is 3.73. The molecule has 0 aliphatic rings. The molecule has 0 amide bonds. The van der Waals surface area contributed by atoms with E-state index in [1.807, 2.05) is 36.5 Å². The van der Waals surface area contributed by atoms with Crippen molar-refractivity contribution in [1.29, 1.82) is 0 Å². The number of aromatic nitrogens is 2. The molecular formula is C13H17N3O. The topological polar surface area (TPSA) is 49.9 Å². The summed E-state index contributed by atoms with van der Waals surface area (Å²) in [6.45, 7) is 2.43. The molecule has 0 unspecified atom stereocenters. The van der Waals surface area contributed by atoms with Gasteiger partial charge in [0.25, 0.3) is 0 Å². The van der Waals surface area contributed by atoms with Gasteiger partial charge in [-0.1, -0.05) is 18.2 Å². The lowest BCUT2D eigenvalue weighted by atomic mass is 10.3. The van der Waals surface area contributed by atoms with Crippen molar-refractivity contribution >= 4 is 0 Å². The van der Waals surface area contributed by atoms with Gasteiger partial charge in [-0.25, -0.2) is 4.98 Å². The Morgan fingerprint density at radius 3 is 2.88 bits per heavy atom. The van der Waals surface area contributed by atoms with Crippen molar-refractivity contribution in [3.63, 3.8) is 0 Å². The predicted molar refractivity (Wildman–Crippen MR) is 66.8 cm³/mol. The Morgan fingerprint density at radius 2 is 2.12 bits per heavy atom. The molecule has 2 N–H and O–H groups in total. The minimum absolute atomic E-state index is 0.731. The largest absolute Gasteiger partial charge is 0.494 e. The van der Waals surface area contributed by atoms with E-state index >= 15 is 0 Å². The van der Waals surface area contributed by atoms with E-state index in [-0.39, 0.29) is 0 Å². The van der Waals surface area contributed by atoms with Crippen LogP contribution in [0.3, 0.4) is 0 Å². The monoisotopic (exact) mass is 231 g/mol.